The van der Waals surface area contributed by atoms with Crippen LogP contribution < -0.4 is 9.47 Å². The largest absolute Gasteiger partial charge is 0.453 e. The van der Waals surface area contributed by atoms with E-state index in [0.717, 1.165) is 34.6 Å². The minimum atomic E-state index is -0.791. The molecule has 3 aromatic carbocycles. The Balaban J connectivity index is 1.45. The first-order chi connectivity index (χ1) is 24.8. The number of rotatable bonds is 20. The quantitative estimate of drug-likeness (QED) is 0.0521. The number of esters is 2. The Morgan fingerprint density at radius 3 is 1.88 bits per heavy atom. The fourth-order valence-corrected chi connectivity index (χ4v) is 6.65. The predicted octanol–water partition coefficient (Wildman–Crippen LogP) is 9.07. The maximum Gasteiger partial charge on any atom is 0.338 e. The third kappa shape index (κ3) is 11.6. The average Bonchev–Trinajstić information content (AvgIpc) is 3.17. The van der Waals surface area contributed by atoms with Gasteiger partial charge in [-0.05, 0) is 89.5 Å². The molecule has 0 atom stereocenters. The predicted molar refractivity (Wildman–Crippen MR) is 200 cm³/mol. The van der Waals surface area contributed by atoms with Crippen LogP contribution in [0.15, 0.2) is 85.0 Å². The summed E-state index contributed by atoms with van der Waals surface area (Å²) < 4.78 is 21.5. The van der Waals surface area contributed by atoms with E-state index in [-0.39, 0.29) is 22.6 Å². The molecule has 2 N–H and O–H groups in total. The molecule has 51 heavy (non-hydrogen) atoms. The van der Waals surface area contributed by atoms with Crippen molar-refractivity contribution in [3.8, 4) is 33.8 Å². The zero-order valence-corrected chi connectivity index (χ0v) is 30.3. The highest BCUT2D eigenvalue weighted by Gasteiger charge is 2.22. The van der Waals surface area contributed by atoms with Crippen LogP contribution in [0, 0.1) is 5.92 Å². The lowest BCUT2D eigenvalue weighted by molar-refractivity contribution is -0.147. The van der Waals surface area contributed by atoms with Crippen molar-refractivity contribution in [2.24, 2.45) is 5.92 Å². The van der Waals surface area contributed by atoms with Crippen LogP contribution in [0.1, 0.15) is 95.1 Å². The normalized spacial score (nSPS) is 15.5. The van der Waals surface area contributed by atoms with E-state index in [4.69, 9.17) is 29.2 Å². The minimum absolute atomic E-state index is 0.103. The fourth-order valence-electron chi connectivity index (χ4n) is 6.65. The SMILES string of the molecule is C=C(CO)C(=O)OCOc1ccc(-c2ccc(-c3ccc(C4CCC(CCCCCCC)CC4)cc3)cc2CC)cc1OCOC(=O)C(=C)CO. The average molecular weight is 699 g/mol. The smallest absolute Gasteiger partial charge is 0.338 e. The highest BCUT2D eigenvalue weighted by atomic mass is 16.7. The van der Waals surface area contributed by atoms with E-state index >= 15 is 0 Å². The van der Waals surface area contributed by atoms with Crippen molar-refractivity contribution in [2.45, 2.75) is 90.4 Å². The van der Waals surface area contributed by atoms with Gasteiger partial charge in [-0.1, -0.05) is 114 Å². The van der Waals surface area contributed by atoms with Gasteiger partial charge in [-0.15, -0.1) is 0 Å². The van der Waals surface area contributed by atoms with Crippen LogP contribution in [0.2, 0.25) is 0 Å². The summed E-state index contributed by atoms with van der Waals surface area (Å²) in [6.45, 7) is 9.31. The molecule has 0 unspecified atom stereocenters. The molecule has 3 aromatic rings. The molecule has 0 aromatic heterocycles. The molecule has 0 bridgehead atoms. The molecular formula is C43H54O8. The first-order valence-electron chi connectivity index (χ1n) is 18.3. The van der Waals surface area contributed by atoms with Gasteiger partial charge in [0.25, 0.3) is 0 Å². The molecule has 1 aliphatic rings. The van der Waals surface area contributed by atoms with E-state index in [0.29, 0.717) is 5.92 Å². The van der Waals surface area contributed by atoms with Gasteiger partial charge in [0, 0.05) is 0 Å². The maximum atomic E-state index is 12.0. The summed E-state index contributed by atoms with van der Waals surface area (Å²) in [5.41, 5.74) is 6.57. The van der Waals surface area contributed by atoms with Crippen molar-refractivity contribution in [3.05, 3.63) is 96.1 Å². The van der Waals surface area contributed by atoms with Crippen molar-refractivity contribution >= 4 is 11.9 Å². The molecule has 274 valence electrons. The van der Waals surface area contributed by atoms with Gasteiger partial charge in [0.2, 0.25) is 13.6 Å². The molecule has 0 amide bonds. The van der Waals surface area contributed by atoms with E-state index in [9.17, 15) is 9.59 Å². The lowest BCUT2D eigenvalue weighted by Gasteiger charge is -2.29. The topological polar surface area (TPSA) is 112 Å². The number of benzene rings is 3. The van der Waals surface area contributed by atoms with Crippen LogP contribution in [0.5, 0.6) is 11.5 Å². The Morgan fingerprint density at radius 2 is 1.27 bits per heavy atom. The van der Waals surface area contributed by atoms with Gasteiger partial charge in [-0.3, -0.25) is 0 Å². The number of aryl methyl sites for hydroxylation is 1. The fraction of sp³-hybridized carbons (Fsp3) is 0.442. The van der Waals surface area contributed by atoms with Crippen molar-refractivity contribution in [1.82, 2.24) is 0 Å². The van der Waals surface area contributed by atoms with Gasteiger partial charge >= 0.3 is 11.9 Å². The Morgan fingerprint density at radius 1 is 0.686 bits per heavy atom. The Kier molecular flexibility index (Phi) is 15.8. The standard InChI is InChI=1S/C43H54O8/c1-5-7-8-9-10-11-32-12-14-34(15-13-32)35-16-18-36(19-17-35)37-20-22-39(33(6-2)24-37)38-21-23-40(48-28-50-42(46)30(3)26-44)41(25-38)49-29-51-43(47)31(4)27-45/h16-25,32,34,44-45H,3-15,26-29H2,1-2H3. The zero-order chi connectivity index (χ0) is 36.6. The highest BCUT2D eigenvalue weighted by molar-refractivity contribution is 5.88. The molecule has 0 heterocycles. The molecule has 0 radical (unpaired) electrons. The first kappa shape index (κ1) is 39.4. The van der Waals surface area contributed by atoms with E-state index in [2.05, 4.69) is 69.5 Å². The Labute approximate surface area is 303 Å². The van der Waals surface area contributed by atoms with Crippen LogP contribution in [0.25, 0.3) is 22.3 Å². The van der Waals surface area contributed by atoms with E-state index in [1.807, 2.05) is 6.07 Å². The van der Waals surface area contributed by atoms with E-state index < -0.39 is 38.7 Å². The monoisotopic (exact) mass is 698 g/mol. The number of aliphatic hydroxyl groups excluding tert-OH is 2. The van der Waals surface area contributed by atoms with Crippen molar-refractivity contribution in [3.63, 3.8) is 0 Å². The number of hydrogen-bond acceptors (Lipinski definition) is 8. The van der Waals surface area contributed by atoms with Gasteiger partial charge in [0.05, 0.1) is 24.4 Å². The van der Waals surface area contributed by atoms with Gasteiger partial charge in [0.1, 0.15) is 0 Å². The second-order valence-corrected chi connectivity index (χ2v) is 13.3. The number of hydrogen-bond donors (Lipinski definition) is 2. The van der Waals surface area contributed by atoms with Crippen molar-refractivity contribution in [2.75, 3.05) is 26.8 Å². The Hall–Kier alpha value is -4.40. The summed E-state index contributed by atoms with van der Waals surface area (Å²) in [6, 6.07) is 20.9. The maximum absolute atomic E-state index is 12.0. The number of ether oxygens (including phenoxy) is 4. The highest BCUT2D eigenvalue weighted by Crippen LogP contribution is 2.39. The lowest BCUT2D eigenvalue weighted by Crippen LogP contribution is -2.15. The van der Waals surface area contributed by atoms with Crippen molar-refractivity contribution in [1.29, 1.82) is 0 Å². The van der Waals surface area contributed by atoms with Gasteiger partial charge in [-0.25, -0.2) is 9.59 Å². The molecule has 1 fully saturated rings. The van der Waals surface area contributed by atoms with Gasteiger partial charge in [-0.2, -0.15) is 0 Å². The van der Waals surface area contributed by atoms with Crippen LogP contribution in [0.3, 0.4) is 0 Å². The second-order valence-electron chi connectivity index (χ2n) is 13.3. The number of aliphatic hydroxyl groups is 2. The summed E-state index contributed by atoms with van der Waals surface area (Å²) in [5.74, 6) is 0.453. The van der Waals surface area contributed by atoms with Crippen molar-refractivity contribution < 1.29 is 38.7 Å². The minimum Gasteiger partial charge on any atom is -0.453 e. The summed E-state index contributed by atoms with van der Waals surface area (Å²) in [6.07, 6.45) is 14.3. The number of carbonyl (C=O) groups is 2. The summed E-state index contributed by atoms with van der Waals surface area (Å²) in [7, 11) is 0. The summed E-state index contributed by atoms with van der Waals surface area (Å²) in [5, 5.41) is 18.3. The molecular weight excluding hydrogens is 644 g/mol. The zero-order valence-electron chi connectivity index (χ0n) is 30.3. The van der Waals surface area contributed by atoms with Crippen LogP contribution in [-0.2, 0) is 25.5 Å². The first-order valence-corrected chi connectivity index (χ1v) is 18.3. The van der Waals surface area contributed by atoms with Crippen LogP contribution in [-0.4, -0.2) is 49.0 Å². The van der Waals surface area contributed by atoms with Gasteiger partial charge in [0.15, 0.2) is 11.5 Å². The van der Waals surface area contributed by atoms with E-state index in [1.54, 1.807) is 12.1 Å². The van der Waals surface area contributed by atoms with E-state index in [1.165, 1.54) is 75.3 Å². The summed E-state index contributed by atoms with van der Waals surface area (Å²) >= 11 is 0. The molecule has 8 heteroatoms. The third-order valence-corrected chi connectivity index (χ3v) is 9.79. The molecule has 1 aliphatic carbocycles. The Bertz CT molecular complexity index is 1600. The molecule has 0 saturated heterocycles. The second kappa shape index (κ2) is 20.4. The van der Waals surface area contributed by atoms with Gasteiger partial charge < -0.3 is 29.2 Å². The lowest BCUT2D eigenvalue weighted by atomic mass is 9.77. The third-order valence-electron chi connectivity index (χ3n) is 9.79. The van der Waals surface area contributed by atoms with Crippen LogP contribution in [0.4, 0.5) is 0 Å². The molecule has 0 spiro atoms. The summed E-state index contributed by atoms with van der Waals surface area (Å²) in [4.78, 5) is 23.9. The van der Waals surface area contributed by atoms with Crippen LogP contribution >= 0.6 is 0 Å². The number of unbranched alkanes of at least 4 members (excludes halogenated alkanes) is 4. The molecule has 0 aliphatic heterocycles. The molecule has 1 saturated carbocycles. The molecule has 8 nitrogen and oxygen atoms in total. The number of carbonyl (C=O) groups excluding carboxylic acids is 2. The molecule has 4 rings (SSSR count).